The molecular weight excluding hydrogens is 243 g/mol. The first-order chi connectivity index (χ1) is 8.06. The molecule has 0 aliphatic carbocycles. The van der Waals surface area contributed by atoms with Gasteiger partial charge in [0.2, 0.25) is 0 Å². The summed E-state index contributed by atoms with van der Waals surface area (Å²) in [5.41, 5.74) is 1.44. The molecule has 1 aromatic heterocycles. The molecule has 0 aliphatic rings. The molecule has 1 aromatic carbocycles. The molecule has 0 fully saturated rings. The fourth-order valence-corrected chi connectivity index (χ4v) is 1.98. The highest BCUT2D eigenvalue weighted by molar-refractivity contribution is 7.17. The van der Waals surface area contributed by atoms with Crippen LogP contribution >= 0.6 is 11.3 Å². The van der Waals surface area contributed by atoms with Gasteiger partial charge in [-0.15, -0.1) is 0 Å². The second-order valence-electron chi connectivity index (χ2n) is 3.42. The summed E-state index contributed by atoms with van der Waals surface area (Å²) in [6, 6.07) is 4.32. The number of carboxylic acid groups (broad SMARTS) is 1. The number of hydrogen-bond donors (Lipinski definition) is 2. The minimum atomic E-state index is -1.01. The van der Waals surface area contributed by atoms with Crippen molar-refractivity contribution in [3.63, 3.8) is 0 Å². The van der Waals surface area contributed by atoms with Gasteiger partial charge in [-0.2, -0.15) is 0 Å². The van der Waals surface area contributed by atoms with E-state index in [0.717, 1.165) is 16.9 Å². The van der Waals surface area contributed by atoms with Crippen molar-refractivity contribution in [3.05, 3.63) is 40.7 Å². The summed E-state index contributed by atoms with van der Waals surface area (Å²) in [7, 11) is 0. The molecule has 0 spiro atoms. The summed E-state index contributed by atoms with van der Waals surface area (Å²) in [5, 5.41) is 12.2. The maximum absolute atomic E-state index is 12.9. The molecule has 2 aromatic rings. The number of aryl methyl sites for hydroxylation is 1. The molecule has 0 bridgehead atoms. The van der Waals surface area contributed by atoms with Crippen LogP contribution in [0.4, 0.5) is 15.2 Å². The predicted molar refractivity (Wildman–Crippen MR) is 63.5 cm³/mol. The van der Waals surface area contributed by atoms with E-state index in [1.807, 2.05) is 0 Å². The van der Waals surface area contributed by atoms with Gasteiger partial charge in [-0.1, -0.05) is 11.3 Å². The molecule has 0 aliphatic heterocycles. The lowest BCUT2D eigenvalue weighted by Gasteiger charge is -2.05. The highest BCUT2D eigenvalue weighted by Gasteiger charge is 2.09. The summed E-state index contributed by atoms with van der Waals surface area (Å²) in [4.78, 5) is 14.8. The van der Waals surface area contributed by atoms with Gasteiger partial charge in [0.25, 0.3) is 0 Å². The fraction of sp³-hybridized carbons (Fsp3) is 0.0909. The topological polar surface area (TPSA) is 62.2 Å². The smallest absolute Gasteiger partial charge is 0.347 e. The highest BCUT2D eigenvalue weighted by Crippen LogP contribution is 2.25. The maximum atomic E-state index is 12.9. The fourth-order valence-electron chi connectivity index (χ4n) is 1.31. The van der Waals surface area contributed by atoms with Gasteiger partial charge in [0.05, 0.1) is 6.20 Å². The zero-order valence-corrected chi connectivity index (χ0v) is 9.71. The van der Waals surface area contributed by atoms with Crippen molar-refractivity contribution in [2.24, 2.45) is 0 Å². The number of rotatable bonds is 3. The number of nitrogens with one attached hydrogen (secondary N) is 1. The van der Waals surface area contributed by atoms with E-state index in [2.05, 4.69) is 10.3 Å². The Morgan fingerprint density at radius 1 is 1.53 bits per heavy atom. The van der Waals surface area contributed by atoms with Crippen LogP contribution in [0.1, 0.15) is 15.2 Å². The summed E-state index contributed by atoms with van der Waals surface area (Å²) < 4.78 is 12.9. The van der Waals surface area contributed by atoms with E-state index < -0.39 is 5.97 Å². The molecule has 88 valence electrons. The standard InChI is InChI=1S/C11H9FN2O2S/c1-6-4-7(12)2-3-8(6)14-11-13-5-9(17-11)10(15)16/h2-5H,1H3,(H,13,14)(H,15,16). The largest absolute Gasteiger partial charge is 0.477 e. The number of halogens is 1. The lowest BCUT2D eigenvalue weighted by Crippen LogP contribution is -1.92. The highest BCUT2D eigenvalue weighted by atomic mass is 32.1. The Morgan fingerprint density at radius 3 is 2.88 bits per heavy atom. The second-order valence-corrected chi connectivity index (χ2v) is 4.45. The molecule has 0 atom stereocenters. The summed E-state index contributed by atoms with van der Waals surface area (Å²) >= 11 is 1.03. The molecular formula is C11H9FN2O2S. The van der Waals surface area contributed by atoms with E-state index in [4.69, 9.17) is 5.11 Å². The van der Waals surface area contributed by atoms with Crippen molar-refractivity contribution in [2.45, 2.75) is 6.92 Å². The van der Waals surface area contributed by atoms with Gasteiger partial charge in [-0.3, -0.25) is 0 Å². The Balaban J connectivity index is 2.22. The number of benzene rings is 1. The average molecular weight is 252 g/mol. The van der Waals surface area contributed by atoms with Crippen molar-refractivity contribution in [3.8, 4) is 0 Å². The van der Waals surface area contributed by atoms with Crippen LogP contribution in [0, 0.1) is 12.7 Å². The van der Waals surface area contributed by atoms with Crippen LogP contribution < -0.4 is 5.32 Å². The van der Waals surface area contributed by atoms with E-state index in [9.17, 15) is 9.18 Å². The SMILES string of the molecule is Cc1cc(F)ccc1Nc1ncc(C(=O)O)s1. The van der Waals surface area contributed by atoms with Gasteiger partial charge in [0.1, 0.15) is 10.7 Å². The van der Waals surface area contributed by atoms with Gasteiger partial charge in [0.15, 0.2) is 5.13 Å². The van der Waals surface area contributed by atoms with Gasteiger partial charge in [-0.25, -0.2) is 14.2 Å². The summed E-state index contributed by atoms with van der Waals surface area (Å²) in [6.45, 7) is 1.76. The second kappa shape index (κ2) is 4.50. The Labute approximate surface area is 101 Å². The summed E-state index contributed by atoms with van der Waals surface area (Å²) in [5.74, 6) is -1.32. The molecule has 0 radical (unpaired) electrons. The minimum Gasteiger partial charge on any atom is -0.477 e. The third kappa shape index (κ3) is 2.59. The Hall–Kier alpha value is -1.95. The number of carbonyl (C=O) groups is 1. The lowest BCUT2D eigenvalue weighted by atomic mass is 10.2. The van der Waals surface area contributed by atoms with E-state index in [1.54, 1.807) is 13.0 Å². The van der Waals surface area contributed by atoms with E-state index in [-0.39, 0.29) is 10.7 Å². The minimum absolute atomic E-state index is 0.160. The van der Waals surface area contributed by atoms with Crippen molar-refractivity contribution in [1.82, 2.24) is 4.98 Å². The molecule has 6 heteroatoms. The van der Waals surface area contributed by atoms with E-state index >= 15 is 0 Å². The van der Waals surface area contributed by atoms with Crippen LogP contribution in [0.2, 0.25) is 0 Å². The zero-order chi connectivity index (χ0) is 12.4. The molecule has 17 heavy (non-hydrogen) atoms. The number of aromatic carboxylic acids is 1. The van der Waals surface area contributed by atoms with Crippen molar-refractivity contribution >= 4 is 28.1 Å². The molecule has 0 unspecified atom stereocenters. The Bertz CT molecular complexity index is 568. The van der Waals surface area contributed by atoms with Crippen molar-refractivity contribution in [1.29, 1.82) is 0 Å². The molecule has 0 saturated carbocycles. The van der Waals surface area contributed by atoms with Gasteiger partial charge >= 0.3 is 5.97 Å². The van der Waals surface area contributed by atoms with Crippen LogP contribution in [0.3, 0.4) is 0 Å². The third-order valence-corrected chi connectivity index (χ3v) is 3.05. The first kappa shape index (κ1) is 11.5. The van der Waals surface area contributed by atoms with Gasteiger partial charge < -0.3 is 10.4 Å². The molecule has 2 rings (SSSR count). The number of thiazole rings is 1. The zero-order valence-electron chi connectivity index (χ0n) is 8.90. The maximum Gasteiger partial charge on any atom is 0.347 e. The molecule has 0 saturated heterocycles. The molecule has 4 nitrogen and oxygen atoms in total. The Morgan fingerprint density at radius 2 is 2.29 bits per heavy atom. The first-order valence-corrected chi connectivity index (χ1v) is 5.60. The van der Waals surface area contributed by atoms with Crippen molar-refractivity contribution < 1.29 is 14.3 Å². The third-order valence-electron chi connectivity index (χ3n) is 2.15. The quantitative estimate of drug-likeness (QED) is 0.881. The predicted octanol–water partition coefficient (Wildman–Crippen LogP) is 3.03. The number of carboxylic acids is 1. The number of aromatic nitrogens is 1. The average Bonchev–Trinajstić information content (AvgIpc) is 2.71. The lowest BCUT2D eigenvalue weighted by molar-refractivity contribution is 0.0702. The molecule has 1 heterocycles. The van der Waals surface area contributed by atoms with Crippen LogP contribution in [-0.4, -0.2) is 16.1 Å². The first-order valence-electron chi connectivity index (χ1n) is 4.78. The van der Waals surface area contributed by atoms with Crippen molar-refractivity contribution in [2.75, 3.05) is 5.32 Å². The van der Waals surface area contributed by atoms with E-state index in [0.29, 0.717) is 10.8 Å². The normalized spacial score (nSPS) is 10.2. The molecule has 2 N–H and O–H groups in total. The van der Waals surface area contributed by atoms with Gasteiger partial charge in [-0.05, 0) is 30.7 Å². The molecule has 0 amide bonds. The number of nitrogens with zero attached hydrogens (tertiary/aromatic N) is 1. The van der Waals surface area contributed by atoms with Gasteiger partial charge in [0, 0.05) is 5.69 Å². The Kier molecular flexibility index (Phi) is 3.06. The van der Waals surface area contributed by atoms with Crippen LogP contribution in [0.15, 0.2) is 24.4 Å². The number of anilines is 2. The summed E-state index contributed by atoms with van der Waals surface area (Å²) in [6.07, 6.45) is 1.29. The van der Waals surface area contributed by atoms with Crippen LogP contribution in [0.5, 0.6) is 0 Å². The van der Waals surface area contributed by atoms with Crippen LogP contribution in [-0.2, 0) is 0 Å². The van der Waals surface area contributed by atoms with Crippen LogP contribution in [0.25, 0.3) is 0 Å². The van der Waals surface area contributed by atoms with E-state index in [1.165, 1.54) is 18.3 Å². The number of hydrogen-bond acceptors (Lipinski definition) is 4. The monoisotopic (exact) mass is 252 g/mol.